The zero-order valence-electron chi connectivity index (χ0n) is 11.0. The van der Waals surface area contributed by atoms with Crippen LogP contribution in [0.25, 0.3) is 0 Å². The lowest BCUT2D eigenvalue weighted by molar-refractivity contribution is -0.807. The van der Waals surface area contributed by atoms with E-state index in [-0.39, 0.29) is 17.3 Å². The molecule has 0 aliphatic rings. The van der Waals surface area contributed by atoms with E-state index in [1.54, 1.807) is 0 Å². The summed E-state index contributed by atoms with van der Waals surface area (Å²) in [6, 6.07) is 0.369. The van der Waals surface area contributed by atoms with Crippen molar-refractivity contribution in [3.8, 4) is 0 Å². The predicted octanol–water partition coefficient (Wildman–Crippen LogP) is -0.0117. The van der Waals surface area contributed by atoms with Crippen molar-refractivity contribution in [2.75, 3.05) is 13.1 Å². The van der Waals surface area contributed by atoms with Crippen molar-refractivity contribution < 1.29 is 14.3 Å². The van der Waals surface area contributed by atoms with Crippen LogP contribution in [0.5, 0.6) is 0 Å². The zero-order chi connectivity index (χ0) is 13.5. The van der Waals surface area contributed by atoms with Crippen LogP contribution in [0, 0.1) is 5.21 Å². The molecule has 1 aromatic rings. The number of rotatable bonds is 7. The molecule has 18 heavy (non-hydrogen) atoms. The summed E-state index contributed by atoms with van der Waals surface area (Å²) < 4.78 is 4.45. The van der Waals surface area contributed by atoms with Gasteiger partial charge < -0.3 is 15.8 Å². The molecule has 0 aliphatic heterocycles. The van der Waals surface area contributed by atoms with Gasteiger partial charge in [0.1, 0.15) is 0 Å². The van der Waals surface area contributed by atoms with Gasteiger partial charge in [0, 0.05) is 25.6 Å². The molecule has 102 valence electrons. The number of nitrogens with zero attached hydrogens (tertiary/aromatic N) is 2. The van der Waals surface area contributed by atoms with Gasteiger partial charge in [0.15, 0.2) is 0 Å². The van der Waals surface area contributed by atoms with E-state index in [4.69, 9.17) is 0 Å². The molecular formula is C11H20N4O3. The van der Waals surface area contributed by atoms with E-state index in [2.05, 4.69) is 20.4 Å². The third-order valence-electron chi connectivity index (χ3n) is 2.37. The van der Waals surface area contributed by atoms with Crippen molar-refractivity contribution in [1.82, 2.24) is 15.8 Å². The highest BCUT2D eigenvalue weighted by atomic mass is 16.8. The standard InChI is InChI=1S/C11H20N4O3/c1-4-5-9-10(14-18-15(9)17)11(16)13-7-6-12-8(2)3/h8,12H,4-7H2,1-3H3,(H,13,16). The van der Waals surface area contributed by atoms with Crippen LogP contribution in [-0.4, -0.2) is 30.2 Å². The van der Waals surface area contributed by atoms with Gasteiger partial charge in [-0.3, -0.25) is 9.42 Å². The third kappa shape index (κ3) is 3.99. The minimum atomic E-state index is -0.373. The highest BCUT2D eigenvalue weighted by Crippen LogP contribution is 2.03. The first-order valence-electron chi connectivity index (χ1n) is 6.16. The first-order chi connectivity index (χ1) is 8.56. The smallest absolute Gasteiger partial charge is 0.308 e. The Labute approximate surface area is 106 Å². The molecule has 0 aromatic carbocycles. The van der Waals surface area contributed by atoms with Crippen LogP contribution in [0.4, 0.5) is 0 Å². The molecule has 7 heteroatoms. The molecule has 0 fully saturated rings. The van der Waals surface area contributed by atoms with Crippen LogP contribution in [0.15, 0.2) is 4.63 Å². The van der Waals surface area contributed by atoms with E-state index in [9.17, 15) is 10.0 Å². The average molecular weight is 256 g/mol. The van der Waals surface area contributed by atoms with Gasteiger partial charge >= 0.3 is 11.6 Å². The van der Waals surface area contributed by atoms with Crippen molar-refractivity contribution >= 4 is 5.91 Å². The lowest BCUT2D eigenvalue weighted by Gasteiger charge is -2.07. The molecule has 0 aliphatic carbocycles. The molecule has 0 saturated carbocycles. The van der Waals surface area contributed by atoms with E-state index >= 15 is 0 Å². The van der Waals surface area contributed by atoms with Crippen LogP contribution in [0.2, 0.25) is 0 Å². The summed E-state index contributed by atoms with van der Waals surface area (Å²) in [6.45, 7) is 7.12. The normalized spacial score (nSPS) is 10.9. The van der Waals surface area contributed by atoms with E-state index in [1.807, 2.05) is 20.8 Å². The van der Waals surface area contributed by atoms with E-state index in [0.717, 1.165) is 6.42 Å². The number of amides is 1. The maximum atomic E-state index is 11.8. The van der Waals surface area contributed by atoms with Gasteiger partial charge in [-0.1, -0.05) is 20.8 Å². The number of carbonyl (C=O) groups excluding carboxylic acids is 1. The van der Waals surface area contributed by atoms with E-state index in [0.29, 0.717) is 30.5 Å². The number of hydrogen-bond donors (Lipinski definition) is 2. The molecule has 1 rings (SSSR count). The Balaban J connectivity index is 2.51. The van der Waals surface area contributed by atoms with Crippen LogP contribution in [0.1, 0.15) is 43.4 Å². The molecule has 0 saturated heterocycles. The third-order valence-corrected chi connectivity index (χ3v) is 2.37. The quantitative estimate of drug-likeness (QED) is 0.528. The minimum absolute atomic E-state index is 0.0800. The van der Waals surface area contributed by atoms with Gasteiger partial charge in [0.2, 0.25) is 5.69 Å². The fourth-order valence-electron chi connectivity index (χ4n) is 1.51. The summed E-state index contributed by atoms with van der Waals surface area (Å²) in [5.41, 5.74) is 0.364. The summed E-state index contributed by atoms with van der Waals surface area (Å²) in [5, 5.41) is 20.6. The second-order valence-electron chi connectivity index (χ2n) is 4.34. The molecule has 0 bridgehead atoms. The Kier molecular flexibility index (Phi) is 5.57. The molecular weight excluding hydrogens is 236 g/mol. The van der Waals surface area contributed by atoms with Crippen LogP contribution < -0.4 is 15.5 Å². The van der Waals surface area contributed by atoms with Crippen molar-refractivity contribution in [2.24, 2.45) is 0 Å². The highest BCUT2D eigenvalue weighted by molar-refractivity contribution is 5.92. The highest BCUT2D eigenvalue weighted by Gasteiger charge is 2.24. The van der Waals surface area contributed by atoms with E-state index < -0.39 is 0 Å². The number of carbonyl (C=O) groups is 1. The summed E-state index contributed by atoms with van der Waals surface area (Å²) in [6.07, 6.45) is 1.22. The van der Waals surface area contributed by atoms with Crippen LogP contribution >= 0.6 is 0 Å². The van der Waals surface area contributed by atoms with E-state index in [1.165, 1.54) is 0 Å². The Morgan fingerprint density at radius 1 is 1.50 bits per heavy atom. The molecule has 0 atom stereocenters. The molecule has 0 radical (unpaired) electrons. The van der Waals surface area contributed by atoms with Gasteiger partial charge in [-0.2, -0.15) is 0 Å². The average Bonchev–Trinajstić information content (AvgIpc) is 2.67. The van der Waals surface area contributed by atoms with Gasteiger partial charge in [-0.25, -0.2) is 0 Å². The van der Waals surface area contributed by atoms with Crippen molar-refractivity contribution in [1.29, 1.82) is 0 Å². The summed E-state index contributed by atoms with van der Waals surface area (Å²) in [4.78, 5) is 12.1. The lowest BCUT2D eigenvalue weighted by atomic mass is 10.2. The monoisotopic (exact) mass is 256 g/mol. The molecule has 1 heterocycles. The van der Waals surface area contributed by atoms with Crippen molar-refractivity contribution in [3.63, 3.8) is 0 Å². The molecule has 1 aromatic heterocycles. The first-order valence-corrected chi connectivity index (χ1v) is 6.16. The lowest BCUT2D eigenvalue weighted by Crippen LogP contribution is -2.36. The van der Waals surface area contributed by atoms with Gasteiger partial charge in [0.25, 0.3) is 0 Å². The molecule has 7 nitrogen and oxygen atoms in total. The molecule has 0 spiro atoms. The summed E-state index contributed by atoms with van der Waals surface area (Å²) >= 11 is 0. The molecule has 1 amide bonds. The Morgan fingerprint density at radius 2 is 2.22 bits per heavy atom. The van der Waals surface area contributed by atoms with Crippen molar-refractivity contribution in [2.45, 2.75) is 39.7 Å². The van der Waals surface area contributed by atoms with Gasteiger partial charge in [-0.05, 0) is 11.3 Å². The number of nitrogens with one attached hydrogen (secondary N) is 2. The molecule has 2 N–H and O–H groups in total. The fraction of sp³-hybridized carbons (Fsp3) is 0.727. The summed E-state index contributed by atoms with van der Waals surface area (Å²) in [5.74, 6) is -0.373. The number of hydrogen-bond acceptors (Lipinski definition) is 5. The van der Waals surface area contributed by atoms with Gasteiger partial charge in [-0.15, -0.1) is 0 Å². The topological polar surface area (TPSA) is 94.1 Å². The SMILES string of the molecule is CCCc1c(C(=O)NCCNC(C)C)no[n+]1[O-]. The summed E-state index contributed by atoms with van der Waals surface area (Å²) in [7, 11) is 0. The Hall–Kier alpha value is -1.63. The number of aromatic nitrogens is 2. The fourth-order valence-corrected chi connectivity index (χ4v) is 1.51. The van der Waals surface area contributed by atoms with Crippen LogP contribution in [0.3, 0.4) is 0 Å². The van der Waals surface area contributed by atoms with Crippen LogP contribution in [-0.2, 0) is 6.42 Å². The Morgan fingerprint density at radius 3 is 2.83 bits per heavy atom. The largest absolute Gasteiger partial charge is 0.359 e. The second kappa shape index (κ2) is 6.95. The maximum absolute atomic E-state index is 11.8. The minimum Gasteiger partial charge on any atom is -0.359 e. The molecule has 0 unspecified atom stereocenters. The van der Waals surface area contributed by atoms with Crippen molar-refractivity contribution in [3.05, 3.63) is 16.6 Å². The maximum Gasteiger partial charge on any atom is 0.308 e. The Bertz CT molecular complexity index is 390. The predicted molar refractivity (Wildman–Crippen MR) is 64.9 cm³/mol. The zero-order valence-corrected chi connectivity index (χ0v) is 11.0. The van der Waals surface area contributed by atoms with Gasteiger partial charge in [0.05, 0.1) is 5.16 Å². The first kappa shape index (κ1) is 14.4. The second-order valence-corrected chi connectivity index (χ2v) is 4.34.